The molecule has 0 aliphatic heterocycles. The Morgan fingerprint density at radius 1 is 1.31 bits per heavy atom. The lowest BCUT2D eigenvalue weighted by Crippen LogP contribution is -2.02. The summed E-state index contributed by atoms with van der Waals surface area (Å²) < 4.78 is 0. The number of nitrogens with two attached hydrogens (primary N) is 1. The van der Waals surface area contributed by atoms with E-state index >= 15 is 0 Å². The van der Waals surface area contributed by atoms with E-state index in [1.54, 1.807) is 12.1 Å². The predicted octanol–water partition coefficient (Wildman–Crippen LogP) is 1.80. The molecule has 0 aromatic heterocycles. The molecule has 2 heteroatoms. The highest BCUT2D eigenvalue weighted by Crippen LogP contribution is 2.33. The maximum absolute atomic E-state index is 9.26. The van der Waals surface area contributed by atoms with Crippen LogP contribution < -0.4 is 5.73 Å². The van der Waals surface area contributed by atoms with Crippen LogP contribution in [0.5, 0.6) is 5.75 Å². The van der Waals surface area contributed by atoms with Gasteiger partial charge in [-0.05, 0) is 48.4 Å². The van der Waals surface area contributed by atoms with Crippen molar-refractivity contribution in [2.24, 2.45) is 11.7 Å². The summed E-state index contributed by atoms with van der Waals surface area (Å²) in [6.45, 7) is 0.524. The van der Waals surface area contributed by atoms with E-state index in [0.29, 0.717) is 12.3 Å². The Labute approximate surface area is 78.4 Å². The summed E-state index contributed by atoms with van der Waals surface area (Å²) in [5.41, 5.74) is 8.00. The van der Waals surface area contributed by atoms with Gasteiger partial charge in [-0.1, -0.05) is 6.07 Å². The molecule has 0 bridgehead atoms. The minimum absolute atomic E-state index is 0.319. The van der Waals surface area contributed by atoms with E-state index in [9.17, 15) is 5.11 Å². The maximum atomic E-state index is 9.26. The van der Waals surface area contributed by atoms with Crippen molar-refractivity contribution in [3.8, 4) is 5.75 Å². The van der Waals surface area contributed by atoms with Crippen LogP contribution >= 0.6 is 0 Å². The van der Waals surface area contributed by atoms with Crippen LogP contribution in [0, 0.1) is 5.92 Å². The van der Waals surface area contributed by atoms with Crippen LogP contribution in [0.1, 0.15) is 24.0 Å². The molecule has 1 aliphatic rings. The highest BCUT2D eigenvalue weighted by molar-refractivity contribution is 5.35. The number of phenols is 1. The minimum Gasteiger partial charge on any atom is -0.508 e. The van der Waals surface area contributed by atoms with Crippen LogP contribution in [0.3, 0.4) is 0 Å². The fraction of sp³-hybridized carbons (Fsp3) is 0.455. The van der Waals surface area contributed by atoms with Crippen LogP contribution in [0.25, 0.3) is 0 Å². The van der Waals surface area contributed by atoms with Gasteiger partial charge in [-0.15, -0.1) is 0 Å². The first-order valence-corrected chi connectivity index (χ1v) is 4.80. The fourth-order valence-electron chi connectivity index (χ4n) is 1.63. The molecule has 0 atom stereocenters. The molecule has 1 aromatic carbocycles. The molecule has 0 unspecified atom stereocenters. The monoisotopic (exact) mass is 177 g/mol. The van der Waals surface area contributed by atoms with E-state index in [-0.39, 0.29) is 0 Å². The van der Waals surface area contributed by atoms with Gasteiger partial charge in [0.05, 0.1) is 0 Å². The summed E-state index contributed by atoms with van der Waals surface area (Å²) >= 11 is 0. The van der Waals surface area contributed by atoms with Gasteiger partial charge in [0, 0.05) is 6.54 Å². The lowest BCUT2D eigenvalue weighted by atomic mass is 10.0. The summed E-state index contributed by atoms with van der Waals surface area (Å²) in [6, 6.07) is 5.52. The summed E-state index contributed by atoms with van der Waals surface area (Å²) in [5.74, 6) is 1.19. The van der Waals surface area contributed by atoms with Crippen molar-refractivity contribution in [1.82, 2.24) is 0 Å². The van der Waals surface area contributed by atoms with Gasteiger partial charge < -0.3 is 10.8 Å². The average Bonchev–Trinajstić information content (AvgIpc) is 2.92. The number of rotatable bonds is 3. The Kier molecular flexibility index (Phi) is 2.23. The van der Waals surface area contributed by atoms with Gasteiger partial charge in [-0.2, -0.15) is 0 Å². The second-order valence-electron chi connectivity index (χ2n) is 3.80. The Balaban J connectivity index is 2.21. The smallest absolute Gasteiger partial charge is 0.115 e. The topological polar surface area (TPSA) is 46.2 Å². The maximum Gasteiger partial charge on any atom is 0.115 e. The number of hydrogen-bond donors (Lipinski definition) is 2. The van der Waals surface area contributed by atoms with Crippen LogP contribution in [0.4, 0.5) is 0 Å². The molecule has 0 radical (unpaired) electrons. The molecule has 2 nitrogen and oxygen atoms in total. The molecular formula is C11H15NO. The molecular weight excluding hydrogens is 162 g/mol. The van der Waals surface area contributed by atoms with Gasteiger partial charge in [-0.3, -0.25) is 0 Å². The minimum atomic E-state index is 0.319. The van der Waals surface area contributed by atoms with Crippen molar-refractivity contribution >= 4 is 0 Å². The van der Waals surface area contributed by atoms with Crippen LogP contribution in [-0.4, -0.2) is 5.11 Å². The Morgan fingerprint density at radius 2 is 2.08 bits per heavy atom. The van der Waals surface area contributed by atoms with E-state index in [1.807, 2.05) is 6.07 Å². The van der Waals surface area contributed by atoms with Gasteiger partial charge in [0.25, 0.3) is 0 Å². The summed E-state index contributed by atoms with van der Waals surface area (Å²) in [5, 5.41) is 9.26. The Hall–Kier alpha value is -1.02. The summed E-state index contributed by atoms with van der Waals surface area (Å²) in [4.78, 5) is 0. The van der Waals surface area contributed by atoms with Gasteiger partial charge >= 0.3 is 0 Å². The molecule has 0 heterocycles. The van der Waals surface area contributed by atoms with Crippen molar-refractivity contribution in [2.45, 2.75) is 25.8 Å². The Bertz CT molecular complexity index is 305. The lowest BCUT2D eigenvalue weighted by molar-refractivity contribution is 0.474. The molecule has 3 N–H and O–H groups in total. The second kappa shape index (κ2) is 3.38. The average molecular weight is 177 g/mol. The first-order chi connectivity index (χ1) is 6.29. The van der Waals surface area contributed by atoms with Crippen molar-refractivity contribution in [2.75, 3.05) is 0 Å². The van der Waals surface area contributed by atoms with E-state index < -0.39 is 0 Å². The summed E-state index contributed by atoms with van der Waals surface area (Å²) in [7, 11) is 0. The van der Waals surface area contributed by atoms with Gasteiger partial charge in [0.2, 0.25) is 0 Å². The van der Waals surface area contributed by atoms with Crippen molar-refractivity contribution in [3.63, 3.8) is 0 Å². The standard InChI is InChI=1S/C11H15NO/c12-7-10-6-11(13)4-3-9(10)5-8-1-2-8/h3-4,6,8,13H,1-2,5,7,12H2. The van der Waals surface area contributed by atoms with Crippen LogP contribution in [0.15, 0.2) is 18.2 Å². The fourth-order valence-corrected chi connectivity index (χ4v) is 1.63. The zero-order valence-corrected chi connectivity index (χ0v) is 7.66. The first-order valence-electron chi connectivity index (χ1n) is 4.80. The van der Waals surface area contributed by atoms with Gasteiger partial charge in [0.15, 0.2) is 0 Å². The molecule has 1 fully saturated rings. The lowest BCUT2D eigenvalue weighted by Gasteiger charge is -2.07. The van der Waals surface area contributed by atoms with Gasteiger partial charge in [-0.25, -0.2) is 0 Å². The SMILES string of the molecule is NCc1cc(O)ccc1CC1CC1. The quantitative estimate of drug-likeness (QED) is 0.739. The third-order valence-electron chi connectivity index (χ3n) is 2.62. The molecule has 70 valence electrons. The highest BCUT2D eigenvalue weighted by Gasteiger charge is 2.22. The largest absolute Gasteiger partial charge is 0.508 e. The van der Waals surface area contributed by atoms with Crippen LogP contribution in [0.2, 0.25) is 0 Å². The zero-order valence-electron chi connectivity index (χ0n) is 7.66. The molecule has 1 aromatic rings. The zero-order chi connectivity index (χ0) is 9.26. The molecule has 1 saturated carbocycles. The third kappa shape index (κ3) is 2.01. The van der Waals surface area contributed by atoms with E-state index in [4.69, 9.17) is 5.73 Å². The van der Waals surface area contributed by atoms with E-state index in [0.717, 1.165) is 17.9 Å². The molecule has 13 heavy (non-hydrogen) atoms. The highest BCUT2D eigenvalue weighted by atomic mass is 16.3. The molecule has 0 saturated heterocycles. The normalized spacial score (nSPS) is 16.1. The van der Waals surface area contributed by atoms with Crippen molar-refractivity contribution in [3.05, 3.63) is 29.3 Å². The number of benzene rings is 1. The molecule has 1 aliphatic carbocycles. The predicted molar refractivity (Wildman–Crippen MR) is 52.4 cm³/mol. The Morgan fingerprint density at radius 3 is 2.69 bits per heavy atom. The van der Waals surface area contributed by atoms with Crippen molar-refractivity contribution < 1.29 is 5.11 Å². The number of aromatic hydroxyl groups is 1. The molecule has 2 rings (SSSR count). The third-order valence-corrected chi connectivity index (χ3v) is 2.62. The van der Waals surface area contributed by atoms with E-state index in [1.165, 1.54) is 18.4 Å². The van der Waals surface area contributed by atoms with Gasteiger partial charge in [0.1, 0.15) is 5.75 Å². The van der Waals surface area contributed by atoms with E-state index in [2.05, 4.69) is 0 Å². The van der Waals surface area contributed by atoms with Crippen molar-refractivity contribution in [1.29, 1.82) is 0 Å². The molecule has 0 spiro atoms. The van der Waals surface area contributed by atoms with Crippen LogP contribution in [-0.2, 0) is 13.0 Å². The second-order valence-corrected chi connectivity index (χ2v) is 3.80. The first kappa shape index (κ1) is 8.57. The number of phenolic OH excluding ortho intramolecular Hbond substituents is 1. The molecule has 0 amide bonds. The summed E-state index contributed by atoms with van der Waals surface area (Å²) in [6.07, 6.45) is 3.84. The number of hydrogen-bond acceptors (Lipinski definition) is 2.